The average Bonchev–Trinajstić information content (AvgIpc) is 2.25. The summed E-state index contributed by atoms with van der Waals surface area (Å²) in [6.45, 7) is 0. The number of benzene rings is 2. The van der Waals surface area contributed by atoms with Gasteiger partial charge in [-0.3, -0.25) is 0 Å². The van der Waals surface area contributed by atoms with Crippen LogP contribution in [0.5, 0.6) is 5.75 Å². The van der Waals surface area contributed by atoms with Crippen LogP contribution in [0, 0.1) is 0 Å². The zero-order valence-electron chi connectivity index (χ0n) is 8.71. The molecule has 0 fully saturated rings. The van der Waals surface area contributed by atoms with Crippen molar-refractivity contribution in [3.63, 3.8) is 0 Å². The van der Waals surface area contributed by atoms with E-state index in [9.17, 15) is 0 Å². The predicted octanol–water partition coefficient (Wildman–Crippen LogP) is 2.82. The minimum absolute atomic E-state index is 0. The van der Waals surface area contributed by atoms with Gasteiger partial charge >= 0.3 is 0 Å². The van der Waals surface area contributed by atoms with Crippen molar-refractivity contribution >= 4 is 28.4 Å². The first kappa shape index (κ1) is 14.3. The number of para-hydroxylation sites is 3. The molecule has 0 aliphatic heterocycles. The summed E-state index contributed by atoms with van der Waals surface area (Å²) in [5.41, 5.74) is 11.9. The summed E-state index contributed by atoms with van der Waals surface area (Å²) >= 11 is 0. The molecule has 0 aliphatic carbocycles. The maximum Gasteiger partial charge on any atom is 0.138 e. The molecule has 4 heteroatoms. The fourth-order valence-electron chi connectivity index (χ4n) is 0.941. The van der Waals surface area contributed by atoms with Crippen molar-refractivity contribution in [1.29, 1.82) is 0 Å². The van der Waals surface area contributed by atoms with Gasteiger partial charge in [0.1, 0.15) is 5.75 Å². The minimum atomic E-state index is 0. The molecule has 0 saturated carbocycles. The van der Waals surface area contributed by atoms with Crippen molar-refractivity contribution in [2.45, 2.75) is 0 Å². The molecule has 0 aromatic heterocycles. The van der Waals surface area contributed by atoms with Crippen LogP contribution in [0.25, 0.3) is 0 Å². The van der Waals surface area contributed by atoms with E-state index in [-0.39, 0.29) is 22.7 Å². The second kappa shape index (κ2) is 7.59. The fourth-order valence-corrected chi connectivity index (χ4v) is 0.941. The molecule has 5 N–H and O–H groups in total. The third-order valence-electron chi connectivity index (χ3n) is 1.74. The van der Waals surface area contributed by atoms with Crippen LogP contribution in [-0.2, 0) is 0 Å². The molecule has 0 unspecified atom stereocenters. The van der Waals surface area contributed by atoms with E-state index in [1.165, 1.54) is 0 Å². The standard InChI is InChI=1S/C6H7NO.C6H7N.BrH/c7-5-3-1-2-4-6(5)8;7-6-4-2-1-3-5-6;/h1-4,8H,7H2;1-5H,7H2;1H. The van der Waals surface area contributed by atoms with E-state index < -0.39 is 0 Å². The second-order valence-corrected chi connectivity index (χ2v) is 2.97. The predicted molar refractivity (Wildman–Crippen MR) is 73.7 cm³/mol. The first-order chi connectivity index (χ1) is 7.20. The highest BCUT2D eigenvalue weighted by Crippen LogP contribution is 2.16. The Balaban J connectivity index is 0.000000267. The Morgan fingerprint density at radius 1 is 0.750 bits per heavy atom. The van der Waals surface area contributed by atoms with Crippen molar-refractivity contribution in [3.05, 3.63) is 54.6 Å². The van der Waals surface area contributed by atoms with Gasteiger partial charge in [-0.15, -0.1) is 17.0 Å². The Labute approximate surface area is 105 Å². The summed E-state index contributed by atoms with van der Waals surface area (Å²) in [5, 5.41) is 8.79. The van der Waals surface area contributed by atoms with Gasteiger partial charge < -0.3 is 16.6 Å². The molecule has 0 aliphatic rings. The molecule has 0 spiro atoms. The summed E-state index contributed by atoms with van der Waals surface area (Å²) in [4.78, 5) is 0. The van der Waals surface area contributed by atoms with Crippen LogP contribution in [0.4, 0.5) is 11.4 Å². The number of nitrogens with two attached hydrogens (primary N) is 2. The number of phenolic OH excluding ortho intramolecular Hbond substituents is 1. The highest BCUT2D eigenvalue weighted by atomic mass is 79.9. The molecular weight excluding hydrogens is 268 g/mol. The first-order valence-electron chi connectivity index (χ1n) is 4.54. The topological polar surface area (TPSA) is 72.3 Å². The molecule has 2 aromatic rings. The number of nitrogen functional groups attached to an aromatic ring is 2. The average molecular weight is 283 g/mol. The quantitative estimate of drug-likeness (QED) is 0.514. The summed E-state index contributed by atoms with van der Waals surface area (Å²) < 4.78 is 0. The normalized spacial score (nSPS) is 8.25. The number of hydrogen-bond acceptors (Lipinski definition) is 3. The number of hydrogen-bond donors (Lipinski definition) is 3. The van der Waals surface area contributed by atoms with Gasteiger partial charge in [0.05, 0.1) is 5.69 Å². The first-order valence-corrected chi connectivity index (χ1v) is 4.54. The van der Waals surface area contributed by atoms with Gasteiger partial charge in [-0.25, -0.2) is 0 Å². The van der Waals surface area contributed by atoms with Crippen LogP contribution >= 0.6 is 17.0 Å². The van der Waals surface area contributed by atoms with Crippen molar-refractivity contribution in [2.75, 3.05) is 11.5 Å². The van der Waals surface area contributed by atoms with E-state index in [1.807, 2.05) is 30.3 Å². The molecule has 0 atom stereocenters. The summed E-state index contributed by atoms with van der Waals surface area (Å²) in [6, 6.07) is 16.2. The lowest BCUT2D eigenvalue weighted by atomic mass is 10.3. The summed E-state index contributed by atoms with van der Waals surface area (Å²) in [7, 11) is 0. The van der Waals surface area contributed by atoms with Crippen molar-refractivity contribution in [3.8, 4) is 5.75 Å². The number of phenols is 1. The Morgan fingerprint density at radius 3 is 1.56 bits per heavy atom. The number of rotatable bonds is 0. The van der Waals surface area contributed by atoms with E-state index in [4.69, 9.17) is 16.6 Å². The van der Waals surface area contributed by atoms with E-state index >= 15 is 0 Å². The second-order valence-electron chi connectivity index (χ2n) is 2.97. The molecular formula is C12H15BrN2O. The number of halogens is 1. The van der Waals surface area contributed by atoms with Crippen LogP contribution in [-0.4, -0.2) is 5.11 Å². The van der Waals surface area contributed by atoms with Gasteiger partial charge in [-0.1, -0.05) is 30.3 Å². The minimum Gasteiger partial charge on any atom is -0.506 e. The lowest BCUT2D eigenvalue weighted by Gasteiger charge is -1.92. The molecule has 2 aromatic carbocycles. The maximum absolute atomic E-state index is 8.79. The Kier molecular flexibility index (Phi) is 6.79. The number of aromatic hydroxyl groups is 1. The van der Waals surface area contributed by atoms with Crippen molar-refractivity contribution in [2.24, 2.45) is 0 Å². The zero-order valence-corrected chi connectivity index (χ0v) is 10.4. The third kappa shape index (κ3) is 5.26. The van der Waals surface area contributed by atoms with E-state index in [0.717, 1.165) is 5.69 Å². The Hall–Kier alpha value is -1.68. The molecule has 3 nitrogen and oxygen atoms in total. The largest absolute Gasteiger partial charge is 0.506 e. The van der Waals surface area contributed by atoms with Crippen LogP contribution in [0.15, 0.2) is 54.6 Å². The van der Waals surface area contributed by atoms with Crippen LogP contribution in [0.2, 0.25) is 0 Å². The molecule has 0 amide bonds. The fraction of sp³-hybridized carbons (Fsp3) is 0. The van der Waals surface area contributed by atoms with Gasteiger partial charge in [0, 0.05) is 5.69 Å². The molecule has 0 heterocycles. The van der Waals surface area contributed by atoms with Crippen molar-refractivity contribution < 1.29 is 5.11 Å². The monoisotopic (exact) mass is 282 g/mol. The van der Waals surface area contributed by atoms with Gasteiger partial charge in [-0.05, 0) is 24.3 Å². The lowest BCUT2D eigenvalue weighted by Crippen LogP contribution is -1.82. The van der Waals surface area contributed by atoms with E-state index in [1.54, 1.807) is 24.3 Å². The van der Waals surface area contributed by atoms with Crippen LogP contribution < -0.4 is 11.5 Å². The third-order valence-corrected chi connectivity index (χ3v) is 1.74. The molecule has 0 bridgehead atoms. The highest BCUT2D eigenvalue weighted by Gasteiger charge is 1.87. The molecule has 16 heavy (non-hydrogen) atoms. The van der Waals surface area contributed by atoms with Gasteiger partial charge in [0.25, 0.3) is 0 Å². The molecule has 2 rings (SSSR count). The van der Waals surface area contributed by atoms with Gasteiger partial charge in [0.2, 0.25) is 0 Å². The smallest absolute Gasteiger partial charge is 0.138 e. The van der Waals surface area contributed by atoms with E-state index in [0.29, 0.717) is 5.69 Å². The Bertz CT molecular complexity index is 386. The molecule has 0 radical (unpaired) electrons. The summed E-state index contributed by atoms with van der Waals surface area (Å²) in [5.74, 6) is 0.146. The van der Waals surface area contributed by atoms with Crippen LogP contribution in [0.1, 0.15) is 0 Å². The van der Waals surface area contributed by atoms with Gasteiger partial charge in [0.15, 0.2) is 0 Å². The zero-order chi connectivity index (χ0) is 11.1. The Morgan fingerprint density at radius 2 is 1.25 bits per heavy atom. The van der Waals surface area contributed by atoms with E-state index in [2.05, 4.69) is 0 Å². The van der Waals surface area contributed by atoms with Gasteiger partial charge in [-0.2, -0.15) is 0 Å². The number of anilines is 2. The molecule has 86 valence electrons. The van der Waals surface area contributed by atoms with Crippen LogP contribution in [0.3, 0.4) is 0 Å². The SMILES string of the molecule is Br.Nc1ccccc1.Nc1ccccc1O. The summed E-state index contributed by atoms with van der Waals surface area (Å²) in [6.07, 6.45) is 0. The maximum atomic E-state index is 8.79. The van der Waals surface area contributed by atoms with Crippen molar-refractivity contribution in [1.82, 2.24) is 0 Å². The lowest BCUT2D eigenvalue weighted by molar-refractivity contribution is 0.478. The molecule has 0 saturated heterocycles. The highest BCUT2D eigenvalue weighted by molar-refractivity contribution is 8.93.